The van der Waals surface area contributed by atoms with Gasteiger partial charge in [-0.3, -0.25) is 14.9 Å². The highest BCUT2D eigenvalue weighted by Crippen LogP contribution is 2.40. The van der Waals surface area contributed by atoms with Gasteiger partial charge in [-0.1, -0.05) is 6.42 Å². The molecule has 1 aromatic heterocycles. The molecule has 2 aromatic carbocycles. The smallest absolute Gasteiger partial charge is 0.416 e. The number of carbonyl (C=O) groups excluding carboxylic acids is 1. The highest BCUT2D eigenvalue weighted by molar-refractivity contribution is 7.14. The number of halogens is 3. The Labute approximate surface area is 208 Å². The number of alkyl halides is 3. The fourth-order valence-electron chi connectivity index (χ4n) is 3.27. The van der Waals surface area contributed by atoms with Crippen LogP contribution in [-0.2, 0) is 11.0 Å². The number of phenolic OH excluding ortho intramolecular Hbond substituents is 1. The highest BCUT2D eigenvalue weighted by Gasteiger charge is 2.30. The van der Waals surface area contributed by atoms with Crippen LogP contribution in [0.15, 0.2) is 41.8 Å². The minimum absolute atomic E-state index is 0.0240. The number of thiazole rings is 1. The first-order chi connectivity index (χ1) is 17.1. The zero-order valence-electron chi connectivity index (χ0n) is 19.1. The van der Waals surface area contributed by atoms with E-state index in [0.717, 1.165) is 25.0 Å². The summed E-state index contributed by atoms with van der Waals surface area (Å²) >= 11 is 1.32. The molecule has 9 nitrogen and oxygen atoms in total. The molecule has 36 heavy (non-hydrogen) atoms. The summed E-state index contributed by atoms with van der Waals surface area (Å²) < 4.78 is 42.8. The molecule has 0 aliphatic rings. The summed E-state index contributed by atoms with van der Waals surface area (Å²) in [5.41, 5.74) is -0.0203. The Kier molecular flexibility index (Phi) is 8.69. The second-order valence-electron chi connectivity index (χ2n) is 7.70. The molecular formula is C23H23F3N4O5S. The number of aromatic nitrogens is 1. The maximum Gasteiger partial charge on any atom is 0.416 e. The fraction of sp³-hybridized carbons (Fsp3) is 0.304. The molecule has 3 rings (SSSR count). The van der Waals surface area contributed by atoms with E-state index in [9.17, 15) is 33.2 Å². The normalized spacial score (nSPS) is 11.2. The zero-order chi connectivity index (χ0) is 26.3. The van der Waals surface area contributed by atoms with Gasteiger partial charge in [-0.15, -0.1) is 11.3 Å². The molecule has 0 atom stereocenters. The standard InChI is InChI=1S/C23H23F3N4O5S/c1-35-19-12-14(11-18(21(19)32)30(33)34)17-13-36-22(29-17)27-10-4-2-3-5-20(31)28-16-8-6-15(7-9-16)23(24,25)26/h6-9,11-13,32H,2-5,10H2,1H3,(H,27,29)(H,28,31). The van der Waals surface area contributed by atoms with Gasteiger partial charge in [0.25, 0.3) is 0 Å². The number of nitro groups is 1. The first kappa shape index (κ1) is 26.7. The van der Waals surface area contributed by atoms with E-state index in [4.69, 9.17) is 4.74 Å². The molecule has 1 heterocycles. The number of nitrogens with one attached hydrogen (secondary N) is 2. The van der Waals surface area contributed by atoms with E-state index in [-0.39, 0.29) is 18.1 Å². The van der Waals surface area contributed by atoms with Gasteiger partial charge < -0.3 is 20.5 Å². The van der Waals surface area contributed by atoms with Crippen molar-refractivity contribution >= 4 is 33.8 Å². The Morgan fingerprint density at radius 2 is 1.92 bits per heavy atom. The van der Waals surface area contributed by atoms with Gasteiger partial charge in [-0.25, -0.2) is 4.98 Å². The van der Waals surface area contributed by atoms with E-state index in [1.165, 1.54) is 42.7 Å². The lowest BCUT2D eigenvalue weighted by atomic mass is 10.1. The van der Waals surface area contributed by atoms with Gasteiger partial charge in [0.15, 0.2) is 10.9 Å². The number of benzene rings is 2. The van der Waals surface area contributed by atoms with E-state index in [0.29, 0.717) is 35.0 Å². The van der Waals surface area contributed by atoms with Crippen molar-refractivity contribution in [3.8, 4) is 22.8 Å². The number of nitrogens with zero attached hydrogens (tertiary/aromatic N) is 2. The summed E-state index contributed by atoms with van der Waals surface area (Å²) in [6, 6.07) is 6.98. The average molecular weight is 525 g/mol. The monoisotopic (exact) mass is 524 g/mol. The van der Waals surface area contributed by atoms with Gasteiger partial charge >= 0.3 is 11.9 Å². The highest BCUT2D eigenvalue weighted by atomic mass is 32.1. The molecule has 3 N–H and O–H groups in total. The van der Waals surface area contributed by atoms with Crippen molar-refractivity contribution in [2.24, 2.45) is 0 Å². The minimum Gasteiger partial charge on any atom is -0.500 e. The molecule has 0 saturated carbocycles. The van der Waals surface area contributed by atoms with Crippen LogP contribution in [0.25, 0.3) is 11.3 Å². The number of carbonyl (C=O) groups is 1. The number of hydrogen-bond acceptors (Lipinski definition) is 8. The second-order valence-corrected chi connectivity index (χ2v) is 8.56. The van der Waals surface area contributed by atoms with Crippen LogP contribution in [-0.4, -0.2) is 34.6 Å². The molecule has 0 unspecified atom stereocenters. The van der Waals surface area contributed by atoms with Crippen LogP contribution in [0.4, 0.5) is 29.7 Å². The molecule has 0 aliphatic heterocycles. The number of hydrogen-bond donors (Lipinski definition) is 3. The van der Waals surface area contributed by atoms with Gasteiger partial charge in [-0.05, 0) is 43.2 Å². The van der Waals surface area contributed by atoms with Gasteiger partial charge in [0.05, 0.1) is 23.3 Å². The van der Waals surface area contributed by atoms with E-state index in [1.54, 1.807) is 5.38 Å². The van der Waals surface area contributed by atoms with Gasteiger partial charge in [0, 0.05) is 35.7 Å². The molecule has 0 radical (unpaired) electrons. The van der Waals surface area contributed by atoms with Crippen LogP contribution in [0.1, 0.15) is 31.2 Å². The maximum atomic E-state index is 12.6. The summed E-state index contributed by atoms with van der Waals surface area (Å²) in [7, 11) is 1.30. The van der Waals surface area contributed by atoms with Crippen LogP contribution in [0.2, 0.25) is 0 Å². The van der Waals surface area contributed by atoms with E-state index >= 15 is 0 Å². The summed E-state index contributed by atoms with van der Waals surface area (Å²) in [5, 5.41) is 29.2. The number of amides is 1. The molecule has 13 heteroatoms. The Hall–Kier alpha value is -3.87. The number of ether oxygens (including phenoxy) is 1. The third kappa shape index (κ3) is 7.07. The molecule has 0 spiro atoms. The van der Waals surface area contributed by atoms with Crippen molar-refractivity contribution in [2.75, 3.05) is 24.3 Å². The average Bonchev–Trinajstić information content (AvgIpc) is 3.30. The number of aromatic hydroxyl groups is 1. The van der Waals surface area contributed by atoms with Gasteiger partial charge in [-0.2, -0.15) is 13.2 Å². The largest absolute Gasteiger partial charge is 0.500 e. The van der Waals surface area contributed by atoms with Crippen LogP contribution in [0.5, 0.6) is 11.5 Å². The Balaban J connectivity index is 1.41. The molecule has 3 aromatic rings. The molecule has 1 amide bonds. The topological polar surface area (TPSA) is 127 Å². The van der Waals surface area contributed by atoms with Crippen molar-refractivity contribution in [1.29, 1.82) is 0 Å². The number of methoxy groups -OCH3 is 1. The predicted octanol–water partition coefficient (Wildman–Crippen LogP) is 6.06. The molecular weight excluding hydrogens is 501 g/mol. The van der Waals surface area contributed by atoms with Gasteiger partial charge in [0.2, 0.25) is 11.7 Å². The Morgan fingerprint density at radius 1 is 1.19 bits per heavy atom. The summed E-state index contributed by atoms with van der Waals surface area (Å²) in [5.74, 6) is -0.845. The molecule has 192 valence electrons. The summed E-state index contributed by atoms with van der Waals surface area (Å²) in [6.45, 7) is 0.590. The number of unbranched alkanes of at least 4 members (excludes halogenated alkanes) is 2. The van der Waals surface area contributed by atoms with Crippen molar-refractivity contribution in [2.45, 2.75) is 31.9 Å². The molecule has 0 bridgehead atoms. The SMILES string of the molecule is COc1cc(-c2csc(NCCCCCC(=O)Nc3ccc(C(F)(F)F)cc3)n2)cc([N+](=O)[O-])c1O. The molecule has 0 aliphatic carbocycles. The van der Waals surface area contributed by atoms with Crippen LogP contribution >= 0.6 is 11.3 Å². The van der Waals surface area contributed by atoms with Crippen molar-refractivity contribution < 1.29 is 32.7 Å². The first-order valence-electron chi connectivity index (χ1n) is 10.8. The van der Waals surface area contributed by atoms with E-state index in [2.05, 4.69) is 15.6 Å². The molecule has 0 fully saturated rings. The van der Waals surface area contributed by atoms with E-state index < -0.39 is 28.1 Å². The zero-order valence-corrected chi connectivity index (χ0v) is 19.9. The van der Waals surface area contributed by atoms with Crippen LogP contribution < -0.4 is 15.4 Å². The van der Waals surface area contributed by atoms with Crippen molar-refractivity contribution in [3.63, 3.8) is 0 Å². The third-order valence-electron chi connectivity index (χ3n) is 5.12. The second kappa shape index (κ2) is 11.7. The lowest BCUT2D eigenvalue weighted by Gasteiger charge is -2.09. The number of phenols is 1. The Morgan fingerprint density at radius 3 is 2.56 bits per heavy atom. The summed E-state index contributed by atoms with van der Waals surface area (Å²) in [6.07, 6.45) is -2.08. The van der Waals surface area contributed by atoms with E-state index in [1.807, 2.05) is 0 Å². The third-order valence-corrected chi connectivity index (χ3v) is 5.92. The summed E-state index contributed by atoms with van der Waals surface area (Å²) in [4.78, 5) is 26.9. The Bertz CT molecular complexity index is 1220. The minimum atomic E-state index is -4.42. The quantitative estimate of drug-likeness (QED) is 0.158. The van der Waals surface area contributed by atoms with Crippen LogP contribution in [0, 0.1) is 10.1 Å². The lowest BCUT2D eigenvalue weighted by molar-refractivity contribution is -0.385. The number of anilines is 2. The fourth-order valence-corrected chi connectivity index (χ4v) is 4.02. The predicted molar refractivity (Wildman–Crippen MR) is 129 cm³/mol. The van der Waals surface area contributed by atoms with Crippen molar-refractivity contribution in [1.82, 2.24) is 4.98 Å². The van der Waals surface area contributed by atoms with Crippen LogP contribution in [0.3, 0.4) is 0 Å². The maximum absolute atomic E-state index is 12.6. The number of nitro benzene ring substituents is 1. The molecule has 0 saturated heterocycles. The first-order valence-corrected chi connectivity index (χ1v) is 11.7. The number of rotatable bonds is 11. The lowest BCUT2D eigenvalue weighted by Crippen LogP contribution is -2.12. The van der Waals surface area contributed by atoms with Crippen molar-refractivity contribution in [3.05, 3.63) is 57.5 Å². The van der Waals surface area contributed by atoms with Gasteiger partial charge in [0.1, 0.15) is 0 Å².